The first-order valence-corrected chi connectivity index (χ1v) is 10.1. The Morgan fingerprint density at radius 2 is 1.63 bits per heavy atom. The van der Waals surface area contributed by atoms with E-state index in [0.717, 1.165) is 38.9 Å². The molecule has 4 rings (SSSR count). The van der Waals surface area contributed by atoms with Gasteiger partial charge in [-0.25, -0.2) is 0 Å². The van der Waals surface area contributed by atoms with Crippen molar-refractivity contribution in [3.63, 3.8) is 0 Å². The van der Waals surface area contributed by atoms with Crippen molar-refractivity contribution in [2.75, 3.05) is 13.1 Å². The van der Waals surface area contributed by atoms with Gasteiger partial charge in [-0.1, -0.05) is 42.0 Å². The molecule has 0 radical (unpaired) electrons. The van der Waals surface area contributed by atoms with Crippen molar-refractivity contribution < 1.29 is 4.79 Å². The van der Waals surface area contributed by atoms with E-state index >= 15 is 0 Å². The molecule has 1 amide bonds. The van der Waals surface area contributed by atoms with Crippen LogP contribution in [0, 0.1) is 26.2 Å². The van der Waals surface area contributed by atoms with Crippen molar-refractivity contribution in [3.05, 3.63) is 69.8 Å². The second-order valence-electron chi connectivity index (χ2n) is 8.56. The van der Waals surface area contributed by atoms with E-state index in [1.54, 1.807) is 0 Å². The van der Waals surface area contributed by atoms with Gasteiger partial charge in [-0.05, 0) is 80.9 Å². The summed E-state index contributed by atoms with van der Waals surface area (Å²) in [4.78, 5) is 15.5. The number of rotatable bonds is 2. The van der Waals surface area contributed by atoms with Crippen LogP contribution in [0.4, 0.5) is 0 Å². The van der Waals surface area contributed by atoms with Crippen molar-refractivity contribution in [1.82, 2.24) is 10.2 Å². The molecule has 1 saturated heterocycles. The average molecular weight is 363 g/mol. The summed E-state index contributed by atoms with van der Waals surface area (Å²) in [6.07, 6.45) is 2.76. The SMILES string of the molecule is Cc1cc(C)c(CN2CCC3(CC2)Cc2ccccc2CNC3=O)c(C)c1. The zero-order valence-electron chi connectivity index (χ0n) is 16.8. The predicted octanol–water partition coefficient (Wildman–Crippen LogP) is 4.07. The fraction of sp³-hybridized carbons (Fsp3) is 0.458. The Morgan fingerprint density at radius 1 is 1.00 bits per heavy atom. The predicted molar refractivity (Wildman–Crippen MR) is 110 cm³/mol. The Kier molecular flexibility index (Phi) is 4.81. The molecule has 27 heavy (non-hydrogen) atoms. The van der Waals surface area contributed by atoms with Crippen LogP contribution in [0.2, 0.25) is 0 Å². The smallest absolute Gasteiger partial charge is 0.226 e. The fourth-order valence-electron chi connectivity index (χ4n) is 4.94. The molecule has 2 heterocycles. The molecule has 1 spiro atoms. The standard InChI is InChI=1S/C24H30N2O/c1-17-12-18(2)22(19(3)13-17)16-26-10-8-24(9-11-26)14-20-6-4-5-7-21(20)15-25-23(24)27/h4-7,12-13H,8-11,14-16H2,1-3H3,(H,25,27). The Bertz CT molecular complexity index is 839. The Hall–Kier alpha value is -2.13. The van der Waals surface area contributed by atoms with Gasteiger partial charge >= 0.3 is 0 Å². The van der Waals surface area contributed by atoms with Crippen molar-refractivity contribution in [2.24, 2.45) is 5.41 Å². The normalized spacial score (nSPS) is 19.4. The number of amides is 1. The van der Waals surface area contributed by atoms with Gasteiger partial charge in [-0.3, -0.25) is 9.69 Å². The van der Waals surface area contributed by atoms with E-state index in [9.17, 15) is 4.79 Å². The quantitative estimate of drug-likeness (QED) is 0.873. The fourth-order valence-corrected chi connectivity index (χ4v) is 4.94. The summed E-state index contributed by atoms with van der Waals surface area (Å²) in [6, 6.07) is 13.1. The zero-order chi connectivity index (χ0) is 19.0. The van der Waals surface area contributed by atoms with Gasteiger partial charge in [0.05, 0.1) is 5.41 Å². The zero-order valence-corrected chi connectivity index (χ0v) is 16.8. The molecule has 2 aliphatic heterocycles. The first-order chi connectivity index (χ1) is 13.0. The topological polar surface area (TPSA) is 32.3 Å². The molecule has 0 saturated carbocycles. The molecular formula is C24H30N2O. The van der Waals surface area contributed by atoms with Crippen LogP contribution in [0.3, 0.4) is 0 Å². The average Bonchev–Trinajstić information content (AvgIpc) is 2.77. The number of likely N-dealkylation sites (tertiary alicyclic amines) is 1. The second-order valence-corrected chi connectivity index (χ2v) is 8.56. The number of benzene rings is 2. The van der Waals surface area contributed by atoms with Crippen LogP contribution >= 0.6 is 0 Å². The monoisotopic (exact) mass is 362 g/mol. The van der Waals surface area contributed by atoms with Crippen LogP contribution in [0.15, 0.2) is 36.4 Å². The molecule has 2 aromatic rings. The van der Waals surface area contributed by atoms with E-state index in [1.165, 1.54) is 33.4 Å². The lowest BCUT2D eigenvalue weighted by Gasteiger charge is -2.40. The molecule has 3 heteroatoms. The third kappa shape index (κ3) is 3.53. The van der Waals surface area contributed by atoms with Gasteiger partial charge in [0.15, 0.2) is 0 Å². The second kappa shape index (κ2) is 7.12. The first-order valence-electron chi connectivity index (χ1n) is 10.1. The van der Waals surface area contributed by atoms with Gasteiger partial charge in [0.25, 0.3) is 0 Å². The largest absolute Gasteiger partial charge is 0.352 e. The van der Waals surface area contributed by atoms with Crippen LogP contribution in [0.5, 0.6) is 0 Å². The van der Waals surface area contributed by atoms with E-state index in [1.807, 2.05) is 0 Å². The maximum absolute atomic E-state index is 12.9. The first kappa shape index (κ1) is 18.2. The van der Waals surface area contributed by atoms with Gasteiger partial charge in [0, 0.05) is 13.1 Å². The molecule has 0 unspecified atom stereocenters. The minimum Gasteiger partial charge on any atom is -0.352 e. The highest BCUT2D eigenvalue weighted by Gasteiger charge is 2.42. The van der Waals surface area contributed by atoms with Crippen LogP contribution < -0.4 is 5.32 Å². The number of nitrogens with zero attached hydrogens (tertiary/aromatic N) is 1. The van der Waals surface area contributed by atoms with Gasteiger partial charge in [-0.2, -0.15) is 0 Å². The number of piperidine rings is 1. The van der Waals surface area contributed by atoms with E-state index in [-0.39, 0.29) is 11.3 Å². The number of fused-ring (bicyclic) bond motifs is 1. The molecule has 0 atom stereocenters. The van der Waals surface area contributed by atoms with E-state index in [4.69, 9.17) is 0 Å². The minimum absolute atomic E-state index is 0.236. The highest BCUT2D eigenvalue weighted by Crippen LogP contribution is 2.38. The third-order valence-corrected chi connectivity index (χ3v) is 6.60. The summed E-state index contributed by atoms with van der Waals surface area (Å²) >= 11 is 0. The highest BCUT2D eigenvalue weighted by molar-refractivity contribution is 5.83. The molecule has 0 aromatic heterocycles. The summed E-state index contributed by atoms with van der Waals surface area (Å²) in [5, 5.41) is 3.19. The number of hydrogen-bond donors (Lipinski definition) is 1. The maximum atomic E-state index is 12.9. The lowest BCUT2D eigenvalue weighted by Crippen LogP contribution is -2.48. The molecule has 2 aliphatic rings. The summed E-state index contributed by atoms with van der Waals surface area (Å²) < 4.78 is 0. The van der Waals surface area contributed by atoms with E-state index in [2.05, 4.69) is 67.4 Å². The Labute approximate surface area is 162 Å². The van der Waals surface area contributed by atoms with Gasteiger partial charge in [-0.15, -0.1) is 0 Å². The summed E-state index contributed by atoms with van der Waals surface area (Å²) in [6.45, 7) is 10.2. The molecule has 1 fully saturated rings. The van der Waals surface area contributed by atoms with E-state index in [0.29, 0.717) is 6.54 Å². The molecule has 142 valence electrons. The Balaban J connectivity index is 1.49. The van der Waals surface area contributed by atoms with Gasteiger partial charge < -0.3 is 5.32 Å². The number of aryl methyl sites for hydroxylation is 3. The maximum Gasteiger partial charge on any atom is 0.226 e. The summed E-state index contributed by atoms with van der Waals surface area (Å²) in [5.41, 5.74) is 7.93. The van der Waals surface area contributed by atoms with E-state index < -0.39 is 0 Å². The molecule has 0 bridgehead atoms. The molecule has 2 aromatic carbocycles. The van der Waals surface area contributed by atoms with Crippen molar-refractivity contribution >= 4 is 5.91 Å². The number of carbonyl (C=O) groups is 1. The highest BCUT2D eigenvalue weighted by atomic mass is 16.2. The van der Waals surface area contributed by atoms with Crippen molar-refractivity contribution in [3.8, 4) is 0 Å². The van der Waals surface area contributed by atoms with Gasteiger partial charge in [0.2, 0.25) is 5.91 Å². The van der Waals surface area contributed by atoms with Crippen LogP contribution in [-0.2, 0) is 24.3 Å². The summed E-state index contributed by atoms with van der Waals surface area (Å²) in [7, 11) is 0. The van der Waals surface area contributed by atoms with Crippen molar-refractivity contribution in [1.29, 1.82) is 0 Å². The lowest BCUT2D eigenvalue weighted by molar-refractivity contribution is -0.133. The Morgan fingerprint density at radius 3 is 2.30 bits per heavy atom. The number of hydrogen-bond acceptors (Lipinski definition) is 2. The van der Waals surface area contributed by atoms with Crippen LogP contribution in [-0.4, -0.2) is 23.9 Å². The number of nitrogens with one attached hydrogen (secondary N) is 1. The van der Waals surface area contributed by atoms with Crippen LogP contribution in [0.1, 0.15) is 46.2 Å². The molecule has 1 N–H and O–H groups in total. The minimum atomic E-state index is -0.236. The summed E-state index contributed by atoms with van der Waals surface area (Å²) in [5.74, 6) is 0.251. The molecule has 3 nitrogen and oxygen atoms in total. The molecule has 0 aliphatic carbocycles. The van der Waals surface area contributed by atoms with Gasteiger partial charge in [0.1, 0.15) is 0 Å². The number of carbonyl (C=O) groups excluding carboxylic acids is 1. The van der Waals surface area contributed by atoms with Crippen LogP contribution in [0.25, 0.3) is 0 Å². The van der Waals surface area contributed by atoms with Crippen molar-refractivity contribution in [2.45, 2.75) is 53.1 Å². The third-order valence-electron chi connectivity index (χ3n) is 6.60. The lowest BCUT2D eigenvalue weighted by atomic mass is 9.73. The molecular weight excluding hydrogens is 332 g/mol.